The highest BCUT2D eigenvalue weighted by molar-refractivity contribution is 9.13. The van der Waals surface area contributed by atoms with E-state index in [1.807, 2.05) is 0 Å². The minimum Gasteiger partial charge on any atom is -0.495 e. The molecule has 0 saturated carbocycles. The molecule has 1 aromatic carbocycles. The Labute approximate surface area is 416 Å². The van der Waals surface area contributed by atoms with Gasteiger partial charge in [-0.1, -0.05) is 10.3 Å². The fraction of sp³-hybridized carbons (Fsp3) is 0.436. The van der Waals surface area contributed by atoms with Crippen LogP contribution < -0.4 is 15.4 Å². The molecule has 0 aromatic heterocycles. The fourth-order valence-electron chi connectivity index (χ4n) is 6.72. The summed E-state index contributed by atoms with van der Waals surface area (Å²) in [4.78, 5) is 86.7. The van der Waals surface area contributed by atoms with E-state index in [1.165, 1.54) is 41.9 Å². The second-order valence-corrected chi connectivity index (χ2v) is 19.2. The molecule has 346 valence electrons. The number of hydrogen-bond acceptors (Lipinski definition) is 17. The molecule has 1 aromatic rings. The van der Waals surface area contributed by atoms with E-state index in [9.17, 15) is 28.8 Å². The molecule has 64 heavy (non-hydrogen) atoms. The number of ether oxygens (including phenoxy) is 7. The number of carbonyl (C=O) groups excluding carboxylic acids is 6. The van der Waals surface area contributed by atoms with Crippen LogP contribution in [0.3, 0.4) is 0 Å². The highest BCUT2D eigenvalue weighted by Gasteiger charge is 2.54. The Bertz CT molecular complexity index is 2290. The lowest BCUT2D eigenvalue weighted by molar-refractivity contribution is -0.157. The summed E-state index contributed by atoms with van der Waals surface area (Å²) in [6.45, 7) is 4.26. The maximum atomic E-state index is 13.5. The van der Waals surface area contributed by atoms with Crippen LogP contribution in [0.4, 0.5) is 0 Å². The molecule has 5 rings (SSSR count). The standard InChI is InChI=1S/C39H38Br6N4O15/c1-16(50)59-21(13-46-36(54)26-11-38(63-48-26)9-24(42)32(56-5)29(44)34(38)61-18(3)52)15-58-31-22(40)7-20(8-23(31)41)28(60-17(2)51)14-47-37(55)27-12-39(64-49-27)10-25(43)33(57-6)30(45)35(39)62-19(4)53/h7-10,21,28,34-35H,11-15H2,1-6H3,(H,46,54)(H,47,55). The van der Waals surface area contributed by atoms with Crippen molar-refractivity contribution in [2.75, 3.05) is 33.9 Å². The zero-order chi connectivity index (χ0) is 47.3. The summed E-state index contributed by atoms with van der Waals surface area (Å²) in [5, 5.41) is 13.4. The molecule has 2 aliphatic carbocycles. The van der Waals surface area contributed by atoms with E-state index in [-0.39, 0.29) is 49.7 Å². The van der Waals surface area contributed by atoms with Gasteiger partial charge in [0.25, 0.3) is 11.8 Å². The predicted octanol–water partition coefficient (Wildman–Crippen LogP) is 6.34. The first-order valence-corrected chi connectivity index (χ1v) is 23.4. The third kappa shape index (κ3) is 11.8. The van der Waals surface area contributed by atoms with Crippen molar-refractivity contribution in [3.05, 3.63) is 68.2 Å². The summed E-state index contributed by atoms with van der Waals surface area (Å²) in [6, 6.07) is 3.22. The third-order valence-electron chi connectivity index (χ3n) is 9.38. The number of nitrogens with zero attached hydrogens (tertiary/aromatic N) is 2. The third-order valence-corrected chi connectivity index (χ3v) is 13.3. The first-order valence-electron chi connectivity index (χ1n) is 18.7. The van der Waals surface area contributed by atoms with E-state index in [1.54, 1.807) is 24.3 Å². The number of methoxy groups -OCH3 is 2. The summed E-state index contributed by atoms with van der Waals surface area (Å²) in [5.74, 6) is -2.77. The molecule has 2 N–H and O–H groups in total. The molecular formula is C39H38Br6N4O15. The van der Waals surface area contributed by atoms with Crippen molar-refractivity contribution in [2.24, 2.45) is 10.3 Å². The molecule has 2 heterocycles. The van der Waals surface area contributed by atoms with Gasteiger partial charge in [-0.2, -0.15) is 0 Å². The van der Waals surface area contributed by atoms with E-state index in [0.29, 0.717) is 44.0 Å². The van der Waals surface area contributed by atoms with Gasteiger partial charge in [0.05, 0.1) is 54.2 Å². The quantitative estimate of drug-likeness (QED) is 0.136. The minimum absolute atomic E-state index is 0.0243. The van der Waals surface area contributed by atoms with Crippen molar-refractivity contribution in [3.8, 4) is 5.75 Å². The largest absolute Gasteiger partial charge is 0.495 e. The molecule has 0 radical (unpaired) electrons. The number of halogens is 6. The number of amides is 2. The molecule has 2 spiro atoms. The van der Waals surface area contributed by atoms with Gasteiger partial charge in [0.15, 0.2) is 18.3 Å². The van der Waals surface area contributed by atoms with Gasteiger partial charge in [0, 0.05) is 40.5 Å². The zero-order valence-electron chi connectivity index (χ0n) is 34.4. The van der Waals surface area contributed by atoms with Gasteiger partial charge >= 0.3 is 23.9 Å². The lowest BCUT2D eigenvalue weighted by Gasteiger charge is -2.35. The molecule has 4 aliphatic rings. The van der Waals surface area contributed by atoms with Crippen LogP contribution in [-0.4, -0.2) is 111 Å². The van der Waals surface area contributed by atoms with Crippen LogP contribution in [0.25, 0.3) is 0 Å². The van der Waals surface area contributed by atoms with Crippen molar-refractivity contribution >= 4 is 143 Å². The van der Waals surface area contributed by atoms with Crippen LogP contribution in [0.2, 0.25) is 0 Å². The van der Waals surface area contributed by atoms with Crippen LogP contribution in [0.15, 0.2) is 73.0 Å². The number of rotatable bonds is 16. The van der Waals surface area contributed by atoms with Crippen LogP contribution in [0.1, 0.15) is 52.2 Å². The molecule has 19 nitrogen and oxygen atoms in total. The van der Waals surface area contributed by atoms with Gasteiger partial charge in [-0.3, -0.25) is 28.8 Å². The SMILES string of the molecule is COC1=C(Br)C(OC(C)=O)C2(C=C1Br)CC(C(=O)NCC(COc1c(Br)cc(C(CNC(=O)C3=NOC4(C=C(Br)C(OC)=C(Br)C4OC(C)=O)C3)OC(C)=O)cc1Br)OC(C)=O)=NO2. The van der Waals surface area contributed by atoms with Crippen LogP contribution in [-0.2, 0) is 66.9 Å². The molecular weight excluding hydrogens is 1240 g/mol. The first-order chi connectivity index (χ1) is 30.1. The average molecular weight is 1280 g/mol. The number of nitrogens with one attached hydrogen (secondary N) is 2. The van der Waals surface area contributed by atoms with Crippen molar-refractivity contribution in [1.82, 2.24) is 10.6 Å². The first kappa shape index (κ1) is 51.2. The molecule has 2 aliphatic heterocycles. The van der Waals surface area contributed by atoms with E-state index >= 15 is 0 Å². The summed E-state index contributed by atoms with van der Waals surface area (Å²) >= 11 is 20.7. The molecule has 6 unspecified atom stereocenters. The number of allylic oxidation sites excluding steroid dienone is 2. The van der Waals surface area contributed by atoms with Gasteiger partial charge in [-0.15, -0.1) is 0 Å². The second-order valence-electron chi connectivity index (χ2n) is 14.1. The van der Waals surface area contributed by atoms with E-state index in [0.717, 1.165) is 0 Å². The molecule has 0 bridgehead atoms. The molecule has 2 amide bonds. The molecule has 0 saturated heterocycles. The summed E-state index contributed by atoms with van der Waals surface area (Å²) in [7, 11) is 2.88. The summed E-state index contributed by atoms with van der Waals surface area (Å²) in [5.41, 5.74) is -2.37. The van der Waals surface area contributed by atoms with Crippen LogP contribution >= 0.6 is 95.6 Å². The maximum Gasteiger partial charge on any atom is 0.303 e. The van der Waals surface area contributed by atoms with Crippen molar-refractivity contribution in [1.29, 1.82) is 0 Å². The van der Waals surface area contributed by atoms with E-state index in [4.69, 9.17) is 42.8 Å². The maximum absolute atomic E-state index is 13.5. The highest BCUT2D eigenvalue weighted by atomic mass is 79.9. The van der Waals surface area contributed by atoms with Crippen molar-refractivity contribution in [3.63, 3.8) is 0 Å². The number of esters is 4. The Kier molecular flexibility index (Phi) is 17.3. The Balaban J connectivity index is 1.22. The lowest BCUT2D eigenvalue weighted by Crippen LogP contribution is -2.47. The lowest BCUT2D eigenvalue weighted by atomic mass is 9.86. The van der Waals surface area contributed by atoms with Gasteiger partial charge in [-0.25, -0.2) is 0 Å². The Hall–Kier alpha value is -3.78. The predicted molar refractivity (Wildman–Crippen MR) is 246 cm³/mol. The van der Waals surface area contributed by atoms with E-state index in [2.05, 4.69) is 117 Å². The number of oxime groups is 2. The van der Waals surface area contributed by atoms with Crippen molar-refractivity contribution in [2.45, 2.75) is 76.2 Å². The molecule has 6 atom stereocenters. The normalized spacial score (nSPS) is 23.3. The minimum atomic E-state index is -1.38. The van der Waals surface area contributed by atoms with Gasteiger partial charge in [-0.05, 0) is 125 Å². The van der Waals surface area contributed by atoms with Gasteiger partial charge in [0.2, 0.25) is 11.2 Å². The summed E-state index contributed by atoms with van der Waals surface area (Å²) < 4.78 is 41.4. The highest BCUT2D eigenvalue weighted by Crippen LogP contribution is 2.47. The van der Waals surface area contributed by atoms with Crippen LogP contribution in [0.5, 0.6) is 5.75 Å². The smallest absolute Gasteiger partial charge is 0.303 e. The van der Waals surface area contributed by atoms with E-state index < -0.39 is 71.3 Å². The fourth-order valence-corrected chi connectivity index (χ4v) is 11.9. The average Bonchev–Trinajstić information content (AvgIpc) is 3.83. The number of hydrogen-bond donors (Lipinski definition) is 2. The zero-order valence-corrected chi connectivity index (χ0v) is 44.0. The Morgan fingerprint density at radius 3 is 1.53 bits per heavy atom. The topological polar surface area (TPSA) is 234 Å². The number of benzene rings is 1. The molecule has 0 fully saturated rings. The number of carbonyl (C=O) groups is 6. The Morgan fingerprint density at radius 1 is 0.688 bits per heavy atom. The summed E-state index contributed by atoms with van der Waals surface area (Å²) in [6.07, 6.45) is -1.05. The molecule has 25 heteroatoms. The van der Waals surface area contributed by atoms with Crippen LogP contribution in [0, 0.1) is 0 Å². The Morgan fingerprint density at radius 2 is 1.12 bits per heavy atom. The van der Waals surface area contributed by atoms with Gasteiger partial charge < -0.3 is 53.5 Å². The second kappa shape index (κ2) is 21.7. The monoisotopic (exact) mass is 1280 g/mol. The van der Waals surface area contributed by atoms with Gasteiger partial charge in [0.1, 0.15) is 41.4 Å². The van der Waals surface area contributed by atoms with Crippen molar-refractivity contribution < 1.29 is 71.6 Å².